The molecular weight excluding hydrogens is 174 g/mol. The molecule has 0 amide bonds. The van der Waals surface area contributed by atoms with Crippen LogP contribution in [-0.2, 0) is 0 Å². The monoisotopic (exact) mass is 184 g/mol. The summed E-state index contributed by atoms with van der Waals surface area (Å²) in [5, 5.41) is 9.35. The normalized spacial score (nSPS) is 12.5. The highest BCUT2D eigenvalue weighted by molar-refractivity contribution is 5.21. The first-order valence-corrected chi connectivity index (χ1v) is 3.89. The van der Waals surface area contributed by atoms with Gasteiger partial charge in [0.15, 0.2) is 0 Å². The van der Waals surface area contributed by atoms with Crippen molar-refractivity contribution in [2.45, 2.75) is 12.5 Å². The van der Waals surface area contributed by atoms with Crippen LogP contribution in [0, 0.1) is 11.6 Å². The third kappa shape index (κ3) is 2.36. The lowest BCUT2D eigenvalue weighted by Gasteiger charge is -2.08. The molecule has 1 atom stereocenters. The molecule has 0 fully saturated rings. The number of aliphatic hydroxyl groups is 1. The lowest BCUT2D eigenvalue weighted by molar-refractivity contribution is 0.176. The zero-order valence-corrected chi connectivity index (χ0v) is 7.00. The highest BCUT2D eigenvalue weighted by Gasteiger charge is 2.11. The van der Waals surface area contributed by atoms with Gasteiger partial charge in [0.05, 0.1) is 6.10 Å². The lowest BCUT2D eigenvalue weighted by atomic mass is 10.1. The predicted octanol–water partition coefficient (Wildman–Crippen LogP) is 2.57. The van der Waals surface area contributed by atoms with Crippen molar-refractivity contribution in [3.8, 4) is 0 Å². The van der Waals surface area contributed by atoms with Crippen molar-refractivity contribution in [2.24, 2.45) is 0 Å². The second kappa shape index (κ2) is 4.14. The molecule has 0 heterocycles. The van der Waals surface area contributed by atoms with Crippen LogP contribution in [0.25, 0.3) is 0 Å². The van der Waals surface area contributed by atoms with Crippen LogP contribution >= 0.6 is 0 Å². The first-order valence-electron chi connectivity index (χ1n) is 3.89. The van der Waals surface area contributed by atoms with Crippen LogP contribution in [0.2, 0.25) is 0 Å². The molecule has 0 aliphatic rings. The van der Waals surface area contributed by atoms with Crippen molar-refractivity contribution < 1.29 is 13.9 Å². The number of hydrogen-bond donors (Lipinski definition) is 1. The number of aliphatic hydroxyl groups excluding tert-OH is 1. The molecule has 1 unspecified atom stereocenters. The molecule has 0 spiro atoms. The fourth-order valence-corrected chi connectivity index (χ4v) is 1.05. The highest BCUT2D eigenvalue weighted by Crippen LogP contribution is 2.20. The summed E-state index contributed by atoms with van der Waals surface area (Å²) < 4.78 is 25.6. The summed E-state index contributed by atoms with van der Waals surface area (Å²) in [5.41, 5.74) is -0.0279. The van der Waals surface area contributed by atoms with E-state index in [0.717, 1.165) is 18.2 Å². The fraction of sp³-hybridized carbons (Fsp3) is 0.200. The van der Waals surface area contributed by atoms with Gasteiger partial charge in [0.25, 0.3) is 0 Å². The SMILES string of the molecule is C=CCC(O)c1cc(F)ccc1F. The third-order valence-corrected chi connectivity index (χ3v) is 1.71. The molecule has 0 aromatic heterocycles. The molecule has 1 N–H and O–H groups in total. The Morgan fingerprint density at radius 2 is 2.15 bits per heavy atom. The van der Waals surface area contributed by atoms with Gasteiger partial charge in [-0.05, 0) is 24.6 Å². The second-order valence-corrected chi connectivity index (χ2v) is 2.71. The third-order valence-electron chi connectivity index (χ3n) is 1.71. The Morgan fingerprint density at radius 1 is 1.46 bits per heavy atom. The van der Waals surface area contributed by atoms with E-state index in [1.165, 1.54) is 6.08 Å². The van der Waals surface area contributed by atoms with Crippen molar-refractivity contribution in [3.63, 3.8) is 0 Å². The van der Waals surface area contributed by atoms with Gasteiger partial charge in [-0.15, -0.1) is 6.58 Å². The number of halogens is 2. The average molecular weight is 184 g/mol. The molecular formula is C10H10F2O. The molecule has 0 saturated heterocycles. The van der Waals surface area contributed by atoms with Gasteiger partial charge < -0.3 is 5.11 Å². The summed E-state index contributed by atoms with van der Waals surface area (Å²) in [4.78, 5) is 0. The molecule has 1 rings (SSSR count). The molecule has 1 nitrogen and oxygen atoms in total. The van der Waals surface area contributed by atoms with Crippen molar-refractivity contribution in [1.82, 2.24) is 0 Å². The van der Waals surface area contributed by atoms with Gasteiger partial charge in [-0.1, -0.05) is 6.08 Å². The quantitative estimate of drug-likeness (QED) is 0.716. The van der Waals surface area contributed by atoms with E-state index in [2.05, 4.69) is 6.58 Å². The van der Waals surface area contributed by atoms with E-state index in [1.807, 2.05) is 0 Å². The van der Waals surface area contributed by atoms with Crippen LogP contribution in [-0.4, -0.2) is 5.11 Å². The standard InChI is InChI=1S/C10H10F2O/c1-2-3-10(13)8-6-7(11)4-5-9(8)12/h2,4-6,10,13H,1,3H2. The molecule has 0 aliphatic carbocycles. The van der Waals surface area contributed by atoms with Crippen LogP contribution in [0.4, 0.5) is 8.78 Å². The average Bonchev–Trinajstić information content (AvgIpc) is 2.09. The molecule has 70 valence electrons. The van der Waals surface area contributed by atoms with Gasteiger partial charge in [0.1, 0.15) is 11.6 Å². The van der Waals surface area contributed by atoms with Gasteiger partial charge in [0.2, 0.25) is 0 Å². The Hall–Kier alpha value is -1.22. The van der Waals surface area contributed by atoms with Crippen molar-refractivity contribution in [3.05, 3.63) is 48.1 Å². The maximum absolute atomic E-state index is 13.0. The van der Waals surface area contributed by atoms with Gasteiger partial charge in [-0.2, -0.15) is 0 Å². The van der Waals surface area contributed by atoms with Crippen LogP contribution < -0.4 is 0 Å². The van der Waals surface area contributed by atoms with E-state index in [-0.39, 0.29) is 12.0 Å². The molecule has 0 aliphatic heterocycles. The Balaban J connectivity index is 2.97. The van der Waals surface area contributed by atoms with Gasteiger partial charge >= 0.3 is 0 Å². The maximum atomic E-state index is 13.0. The minimum atomic E-state index is -1.02. The Bertz CT molecular complexity index is 310. The molecule has 13 heavy (non-hydrogen) atoms. The Kier molecular flexibility index (Phi) is 3.14. The lowest BCUT2D eigenvalue weighted by Crippen LogP contribution is -1.99. The molecule has 1 aromatic carbocycles. The van der Waals surface area contributed by atoms with Gasteiger partial charge in [0, 0.05) is 5.56 Å². The Morgan fingerprint density at radius 3 is 2.77 bits per heavy atom. The first kappa shape index (κ1) is 9.86. The van der Waals surface area contributed by atoms with E-state index in [0.29, 0.717) is 0 Å². The maximum Gasteiger partial charge on any atom is 0.129 e. The number of benzene rings is 1. The molecule has 1 aromatic rings. The summed E-state index contributed by atoms with van der Waals surface area (Å²) in [6.45, 7) is 3.40. The number of rotatable bonds is 3. The van der Waals surface area contributed by atoms with E-state index in [4.69, 9.17) is 0 Å². The summed E-state index contributed by atoms with van der Waals surface area (Å²) in [7, 11) is 0. The fourth-order valence-electron chi connectivity index (χ4n) is 1.05. The number of hydrogen-bond acceptors (Lipinski definition) is 1. The summed E-state index contributed by atoms with van der Waals surface area (Å²) in [6.07, 6.45) is 0.642. The molecule has 0 radical (unpaired) electrons. The Labute approximate surface area is 75.3 Å². The van der Waals surface area contributed by atoms with Crippen molar-refractivity contribution in [2.75, 3.05) is 0 Å². The summed E-state index contributed by atoms with van der Waals surface area (Å²) >= 11 is 0. The minimum absolute atomic E-state index is 0.0279. The molecule has 0 bridgehead atoms. The van der Waals surface area contributed by atoms with Crippen molar-refractivity contribution >= 4 is 0 Å². The second-order valence-electron chi connectivity index (χ2n) is 2.71. The minimum Gasteiger partial charge on any atom is -0.388 e. The van der Waals surface area contributed by atoms with Crippen LogP contribution in [0.15, 0.2) is 30.9 Å². The zero-order valence-electron chi connectivity index (χ0n) is 7.00. The predicted molar refractivity (Wildman–Crippen MR) is 46.1 cm³/mol. The molecule has 0 saturated carbocycles. The summed E-state index contributed by atoms with van der Waals surface area (Å²) in [6, 6.07) is 3.00. The van der Waals surface area contributed by atoms with Crippen LogP contribution in [0.1, 0.15) is 18.1 Å². The largest absolute Gasteiger partial charge is 0.388 e. The van der Waals surface area contributed by atoms with Crippen LogP contribution in [0.3, 0.4) is 0 Å². The zero-order chi connectivity index (χ0) is 9.84. The van der Waals surface area contributed by atoms with Gasteiger partial charge in [-0.25, -0.2) is 8.78 Å². The smallest absolute Gasteiger partial charge is 0.129 e. The summed E-state index contributed by atoms with van der Waals surface area (Å²) in [5.74, 6) is -1.16. The van der Waals surface area contributed by atoms with E-state index >= 15 is 0 Å². The van der Waals surface area contributed by atoms with E-state index in [9.17, 15) is 13.9 Å². The van der Waals surface area contributed by atoms with Crippen molar-refractivity contribution in [1.29, 1.82) is 0 Å². The van der Waals surface area contributed by atoms with E-state index in [1.54, 1.807) is 0 Å². The van der Waals surface area contributed by atoms with Crippen LogP contribution in [0.5, 0.6) is 0 Å². The van der Waals surface area contributed by atoms with E-state index < -0.39 is 17.7 Å². The topological polar surface area (TPSA) is 20.2 Å². The molecule has 3 heteroatoms. The highest BCUT2D eigenvalue weighted by atomic mass is 19.1. The first-order chi connectivity index (χ1) is 6.15. The van der Waals surface area contributed by atoms with Gasteiger partial charge in [-0.3, -0.25) is 0 Å².